The fraction of sp³-hybridized carbons (Fsp3) is 0.211. The number of aromatic hydroxyl groups is 1. The standard InChI is InChI=1S/C19H18N2O4/c22-10-16-17(11-5-7-12(23)8-6-11)25-18(19(24)21-16)14-9-20-15-4-2-1-3-13(14)15/h1-9,16-18,20,22-23H,10H2,(H,21,24)/t16-,17-,18-/m1/s1. The maximum atomic E-state index is 12.5. The summed E-state index contributed by atoms with van der Waals surface area (Å²) in [6.07, 6.45) is 0.488. The Morgan fingerprint density at radius 2 is 1.84 bits per heavy atom. The number of phenols is 1. The maximum Gasteiger partial charge on any atom is 0.254 e. The number of aromatic nitrogens is 1. The Labute approximate surface area is 144 Å². The molecule has 3 aromatic rings. The molecule has 1 amide bonds. The first kappa shape index (κ1) is 15.7. The van der Waals surface area contributed by atoms with Crippen LogP contribution in [0.15, 0.2) is 54.7 Å². The van der Waals surface area contributed by atoms with E-state index in [0.717, 1.165) is 22.0 Å². The van der Waals surface area contributed by atoms with Gasteiger partial charge in [0.25, 0.3) is 5.91 Å². The molecule has 1 aliphatic heterocycles. The number of rotatable bonds is 3. The van der Waals surface area contributed by atoms with Crippen LogP contribution in [0.4, 0.5) is 0 Å². The largest absolute Gasteiger partial charge is 0.508 e. The van der Waals surface area contributed by atoms with Crippen LogP contribution in [0, 0.1) is 0 Å². The zero-order valence-electron chi connectivity index (χ0n) is 13.3. The van der Waals surface area contributed by atoms with Crippen LogP contribution in [-0.2, 0) is 9.53 Å². The first-order valence-electron chi connectivity index (χ1n) is 8.09. The molecule has 6 nitrogen and oxygen atoms in total. The maximum absolute atomic E-state index is 12.5. The Balaban J connectivity index is 1.71. The van der Waals surface area contributed by atoms with E-state index in [9.17, 15) is 15.0 Å². The number of aliphatic hydroxyl groups is 1. The molecule has 1 aromatic heterocycles. The van der Waals surface area contributed by atoms with Crippen molar-refractivity contribution in [1.29, 1.82) is 0 Å². The summed E-state index contributed by atoms with van der Waals surface area (Å²) >= 11 is 0. The molecule has 25 heavy (non-hydrogen) atoms. The van der Waals surface area contributed by atoms with E-state index in [2.05, 4.69) is 10.3 Å². The molecule has 0 unspecified atom stereocenters. The fourth-order valence-electron chi connectivity index (χ4n) is 3.28. The van der Waals surface area contributed by atoms with Crippen molar-refractivity contribution in [3.63, 3.8) is 0 Å². The highest BCUT2D eigenvalue weighted by molar-refractivity contribution is 5.91. The molecule has 0 bridgehead atoms. The van der Waals surface area contributed by atoms with E-state index in [1.165, 1.54) is 0 Å². The van der Waals surface area contributed by atoms with Crippen LogP contribution in [0.1, 0.15) is 23.3 Å². The predicted octanol–water partition coefficient (Wildman–Crippen LogP) is 2.16. The number of phenolic OH excluding ortho intramolecular Hbond substituents is 1. The van der Waals surface area contributed by atoms with Crippen LogP contribution in [0.5, 0.6) is 5.75 Å². The number of nitrogens with one attached hydrogen (secondary N) is 2. The second-order valence-corrected chi connectivity index (χ2v) is 6.12. The van der Waals surface area contributed by atoms with Gasteiger partial charge in [-0.25, -0.2) is 0 Å². The number of ether oxygens (including phenoxy) is 1. The number of carbonyl (C=O) groups is 1. The molecule has 4 N–H and O–H groups in total. The molecule has 0 spiro atoms. The average Bonchev–Trinajstić information content (AvgIpc) is 3.06. The minimum Gasteiger partial charge on any atom is -0.508 e. The highest BCUT2D eigenvalue weighted by Crippen LogP contribution is 2.36. The van der Waals surface area contributed by atoms with Gasteiger partial charge in [0.1, 0.15) is 11.9 Å². The van der Waals surface area contributed by atoms with E-state index < -0.39 is 18.2 Å². The van der Waals surface area contributed by atoms with Crippen molar-refractivity contribution in [3.8, 4) is 5.75 Å². The van der Waals surface area contributed by atoms with Crippen molar-refractivity contribution in [2.75, 3.05) is 6.61 Å². The molecule has 4 rings (SSSR count). The number of para-hydroxylation sites is 1. The van der Waals surface area contributed by atoms with Gasteiger partial charge < -0.3 is 25.3 Å². The highest BCUT2D eigenvalue weighted by Gasteiger charge is 2.38. The summed E-state index contributed by atoms with van der Waals surface area (Å²) in [5, 5.41) is 22.9. The first-order valence-corrected chi connectivity index (χ1v) is 8.09. The second kappa shape index (κ2) is 6.23. The summed E-state index contributed by atoms with van der Waals surface area (Å²) in [4.78, 5) is 15.7. The van der Waals surface area contributed by atoms with Crippen LogP contribution in [0.3, 0.4) is 0 Å². The van der Waals surface area contributed by atoms with E-state index in [0.29, 0.717) is 0 Å². The number of hydrogen-bond acceptors (Lipinski definition) is 4. The summed E-state index contributed by atoms with van der Waals surface area (Å²) in [5.41, 5.74) is 2.47. The molecule has 3 atom stereocenters. The van der Waals surface area contributed by atoms with Crippen LogP contribution in [0.2, 0.25) is 0 Å². The SMILES string of the molecule is O=C1N[C@H](CO)[C@@H](c2ccc(O)cc2)O[C@@H]1c1c[nH]c2ccccc12. The lowest BCUT2D eigenvalue weighted by atomic mass is 9.97. The highest BCUT2D eigenvalue weighted by atomic mass is 16.5. The van der Waals surface area contributed by atoms with E-state index >= 15 is 0 Å². The quantitative estimate of drug-likeness (QED) is 0.589. The van der Waals surface area contributed by atoms with Crippen LogP contribution in [-0.4, -0.2) is 33.8 Å². The topological polar surface area (TPSA) is 94.6 Å². The molecule has 1 aliphatic rings. The van der Waals surface area contributed by atoms with Gasteiger partial charge in [0.15, 0.2) is 6.10 Å². The second-order valence-electron chi connectivity index (χ2n) is 6.12. The molecular formula is C19H18N2O4. The Morgan fingerprint density at radius 3 is 2.60 bits per heavy atom. The summed E-state index contributed by atoms with van der Waals surface area (Å²) in [6.45, 7) is -0.238. The van der Waals surface area contributed by atoms with Gasteiger partial charge in [-0.05, 0) is 23.8 Å². The van der Waals surface area contributed by atoms with E-state index in [-0.39, 0.29) is 18.3 Å². The summed E-state index contributed by atoms with van der Waals surface area (Å²) in [7, 11) is 0. The average molecular weight is 338 g/mol. The van der Waals surface area contributed by atoms with Crippen molar-refractivity contribution in [2.24, 2.45) is 0 Å². The number of amides is 1. The lowest BCUT2D eigenvalue weighted by molar-refractivity contribution is -0.152. The van der Waals surface area contributed by atoms with Gasteiger partial charge in [-0.3, -0.25) is 4.79 Å². The number of hydrogen-bond donors (Lipinski definition) is 4. The predicted molar refractivity (Wildman–Crippen MR) is 92.0 cm³/mol. The Bertz CT molecular complexity index is 903. The third kappa shape index (κ3) is 2.75. The molecule has 6 heteroatoms. The summed E-state index contributed by atoms with van der Waals surface area (Å²) in [6, 6.07) is 13.7. The Kier molecular flexibility index (Phi) is 3.91. The Morgan fingerprint density at radius 1 is 1.08 bits per heavy atom. The zero-order valence-corrected chi connectivity index (χ0v) is 13.3. The van der Waals surface area contributed by atoms with Crippen molar-refractivity contribution in [1.82, 2.24) is 10.3 Å². The number of fused-ring (bicyclic) bond motifs is 1. The molecule has 0 radical (unpaired) electrons. The third-order valence-electron chi connectivity index (χ3n) is 4.54. The smallest absolute Gasteiger partial charge is 0.254 e. The molecule has 0 aliphatic carbocycles. The van der Waals surface area contributed by atoms with Gasteiger partial charge in [-0.2, -0.15) is 0 Å². The summed E-state index contributed by atoms with van der Waals surface area (Å²) < 4.78 is 6.11. The van der Waals surface area contributed by atoms with Crippen molar-refractivity contribution < 1.29 is 19.7 Å². The number of benzene rings is 2. The van der Waals surface area contributed by atoms with E-state index in [4.69, 9.17) is 4.74 Å². The number of carbonyl (C=O) groups excluding carboxylic acids is 1. The van der Waals surface area contributed by atoms with Crippen molar-refractivity contribution in [2.45, 2.75) is 18.2 Å². The molecule has 128 valence electrons. The first-order chi connectivity index (χ1) is 12.2. The van der Waals surface area contributed by atoms with Gasteiger partial charge >= 0.3 is 0 Å². The molecule has 2 aromatic carbocycles. The zero-order chi connectivity index (χ0) is 17.4. The molecule has 1 saturated heterocycles. The monoisotopic (exact) mass is 338 g/mol. The van der Waals surface area contributed by atoms with Crippen molar-refractivity contribution >= 4 is 16.8 Å². The third-order valence-corrected chi connectivity index (χ3v) is 4.54. The van der Waals surface area contributed by atoms with Crippen LogP contribution < -0.4 is 5.32 Å². The number of aromatic amines is 1. The minimum absolute atomic E-state index is 0.150. The van der Waals surface area contributed by atoms with Gasteiger partial charge in [-0.1, -0.05) is 30.3 Å². The van der Waals surface area contributed by atoms with E-state index in [1.807, 2.05) is 24.3 Å². The lowest BCUT2D eigenvalue weighted by Gasteiger charge is -2.36. The summed E-state index contributed by atoms with van der Waals surface area (Å²) in [5.74, 6) is -0.129. The Hall–Kier alpha value is -2.83. The van der Waals surface area contributed by atoms with Crippen molar-refractivity contribution in [3.05, 3.63) is 65.9 Å². The van der Waals surface area contributed by atoms with Crippen LogP contribution >= 0.6 is 0 Å². The molecule has 0 saturated carbocycles. The number of H-pyrrole nitrogens is 1. The van der Waals surface area contributed by atoms with Gasteiger partial charge in [0.05, 0.1) is 12.6 Å². The van der Waals surface area contributed by atoms with Gasteiger partial charge in [0.2, 0.25) is 0 Å². The minimum atomic E-state index is -0.780. The van der Waals surface area contributed by atoms with Gasteiger partial charge in [-0.15, -0.1) is 0 Å². The molecule has 2 heterocycles. The van der Waals surface area contributed by atoms with Gasteiger partial charge in [0, 0.05) is 22.7 Å². The number of aliphatic hydroxyl groups excluding tert-OH is 1. The molecular weight excluding hydrogens is 320 g/mol. The normalized spacial score (nSPS) is 23.6. The fourth-order valence-corrected chi connectivity index (χ4v) is 3.28. The molecule has 1 fully saturated rings. The number of morpholine rings is 1. The van der Waals surface area contributed by atoms with E-state index in [1.54, 1.807) is 30.5 Å². The lowest BCUT2D eigenvalue weighted by Crippen LogP contribution is -2.50. The van der Waals surface area contributed by atoms with Crippen LogP contribution in [0.25, 0.3) is 10.9 Å².